The highest BCUT2D eigenvalue weighted by molar-refractivity contribution is 7.11. The van der Waals surface area contributed by atoms with Crippen LogP contribution in [0.2, 0.25) is 0 Å². The first-order valence-electron chi connectivity index (χ1n) is 4.44. The van der Waals surface area contributed by atoms with Crippen LogP contribution >= 0.6 is 11.3 Å². The van der Waals surface area contributed by atoms with Gasteiger partial charge in [0.1, 0.15) is 0 Å². The maximum absolute atomic E-state index is 9.49. The molecule has 3 nitrogen and oxygen atoms in total. The Morgan fingerprint density at radius 1 is 1.54 bits per heavy atom. The van der Waals surface area contributed by atoms with Crippen LogP contribution in [0.1, 0.15) is 22.0 Å². The first kappa shape index (κ1) is 10.6. The predicted molar refractivity (Wildman–Crippen MR) is 55.0 cm³/mol. The molecule has 13 heavy (non-hydrogen) atoms. The minimum absolute atomic E-state index is 0.338. The number of aromatic nitrogens is 1. The number of aliphatic hydroxyl groups excluding tert-OH is 1. The lowest BCUT2D eigenvalue weighted by molar-refractivity contribution is 0.167. The molecule has 0 saturated heterocycles. The van der Waals surface area contributed by atoms with Crippen molar-refractivity contribution in [2.24, 2.45) is 5.73 Å². The molecular weight excluding hydrogens is 184 g/mol. The van der Waals surface area contributed by atoms with E-state index in [1.54, 1.807) is 11.3 Å². The third-order valence-corrected chi connectivity index (χ3v) is 3.08. The van der Waals surface area contributed by atoms with Gasteiger partial charge in [0.2, 0.25) is 0 Å². The van der Waals surface area contributed by atoms with Gasteiger partial charge in [0.25, 0.3) is 0 Å². The molecule has 4 heteroatoms. The normalized spacial score (nSPS) is 13.2. The van der Waals surface area contributed by atoms with Crippen LogP contribution in [-0.2, 0) is 6.42 Å². The SMILES string of the molecule is Cc1nc(CC(O)CCN)sc1C. The van der Waals surface area contributed by atoms with Crippen molar-refractivity contribution in [2.45, 2.75) is 32.8 Å². The van der Waals surface area contributed by atoms with Gasteiger partial charge in [0.15, 0.2) is 0 Å². The van der Waals surface area contributed by atoms with Gasteiger partial charge in [0, 0.05) is 11.3 Å². The van der Waals surface area contributed by atoms with E-state index in [0.29, 0.717) is 19.4 Å². The van der Waals surface area contributed by atoms with Gasteiger partial charge >= 0.3 is 0 Å². The molecule has 0 spiro atoms. The van der Waals surface area contributed by atoms with Crippen LogP contribution in [0.25, 0.3) is 0 Å². The number of thiazole rings is 1. The molecule has 0 aliphatic rings. The van der Waals surface area contributed by atoms with Crippen LogP contribution in [0.4, 0.5) is 0 Å². The van der Waals surface area contributed by atoms with Crippen molar-refractivity contribution < 1.29 is 5.11 Å². The molecule has 0 aromatic carbocycles. The van der Waals surface area contributed by atoms with Crippen molar-refractivity contribution in [3.8, 4) is 0 Å². The van der Waals surface area contributed by atoms with Gasteiger partial charge < -0.3 is 10.8 Å². The van der Waals surface area contributed by atoms with Gasteiger partial charge in [-0.15, -0.1) is 11.3 Å². The van der Waals surface area contributed by atoms with Crippen molar-refractivity contribution in [1.29, 1.82) is 0 Å². The topological polar surface area (TPSA) is 59.1 Å². The van der Waals surface area contributed by atoms with E-state index >= 15 is 0 Å². The molecular formula is C9H16N2OS. The maximum atomic E-state index is 9.49. The standard InChI is InChI=1S/C9H16N2OS/c1-6-7(2)13-9(11-6)5-8(12)3-4-10/h8,12H,3-5,10H2,1-2H3. The lowest BCUT2D eigenvalue weighted by Crippen LogP contribution is -2.15. The van der Waals surface area contributed by atoms with Crippen LogP contribution in [0, 0.1) is 13.8 Å². The van der Waals surface area contributed by atoms with Gasteiger partial charge in [-0.25, -0.2) is 4.98 Å². The highest BCUT2D eigenvalue weighted by Crippen LogP contribution is 2.18. The van der Waals surface area contributed by atoms with E-state index in [1.807, 2.05) is 13.8 Å². The second-order valence-corrected chi connectivity index (χ2v) is 4.47. The molecule has 1 aromatic heterocycles. The molecule has 1 rings (SSSR count). The third kappa shape index (κ3) is 3.06. The summed E-state index contributed by atoms with van der Waals surface area (Å²) in [4.78, 5) is 5.58. The van der Waals surface area contributed by atoms with Gasteiger partial charge in [-0.2, -0.15) is 0 Å². The fourth-order valence-electron chi connectivity index (χ4n) is 1.12. The van der Waals surface area contributed by atoms with Crippen molar-refractivity contribution >= 4 is 11.3 Å². The van der Waals surface area contributed by atoms with Crippen molar-refractivity contribution in [3.05, 3.63) is 15.6 Å². The zero-order valence-corrected chi connectivity index (χ0v) is 8.90. The Bertz CT molecular complexity index is 253. The van der Waals surface area contributed by atoms with Crippen molar-refractivity contribution in [2.75, 3.05) is 6.54 Å². The molecule has 1 unspecified atom stereocenters. The maximum Gasteiger partial charge on any atom is 0.0956 e. The molecule has 1 aromatic rings. The number of rotatable bonds is 4. The Hall–Kier alpha value is -0.450. The van der Waals surface area contributed by atoms with Crippen molar-refractivity contribution in [3.63, 3.8) is 0 Å². The molecule has 1 atom stereocenters. The third-order valence-electron chi connectivity index (χ3n) is 1.98. The fourth-order valence-corrected chi connectivity index (χ4v) is 2.13. The van der Waals surface area contributed by atoms with E-state index in [1.165, 1.54) is 4.88 Å². The lowest BCUT2D eigenvalue weighted by Gasteiger charge is -2.05. The highest BCUT2D eigenvalue weighted by atomic mass is 32.1. The highest BCUT2D eigenvalue weighted by Gasteiger charge is 2.09. The van der Waals surface area contributed by atoms with Crippen LogP contribution in [0.3, 0.4) is 0 Å². The first-order valence-corrected chi connectivity index (χ1v) is 5.26. The average Bonchev–Trinajstić information content (AvgIpc) is 2.31. The molecule has 1 heterocycles. The van der Waals surface area contributed by atoms with Gasteiger partial charge in [-0.3, -0.25) is 0 Å². The second-order valence-electron chi connectivity index (χ2n) is 3.18. The summed E-state index contributed by atoms with van der Waals surface area (Å²) in [7, 11) is 0. The first-order chi connectivity index (χ1) is 6.13. The minimum Gasteiger partial charge on any atom is -0.393 e. The summed E-state index contributed by atoms with van der Waals surface area (Å²) >= 11 is 1.66. The molecule has 0 bridgehead atoms. The Balaban J connectivity index is 2.53. The summed E-state index contributed by atoms with van der Waals surface area (Å²) < 4.78 is 0. The predicted octanol–water partition coefficient (Wildman–Crippen LogP) is 1.01. The van der Waals surface area contributed by atoms with Crippen LogP contribution in [0.15, 0.2) is 0 Å². The van der Waals surface area contributed by atoms with E-state index in [-0.39, 0.29) is 6.10 Å². The lowest BCUT2D eigenvalue weighted by atomic mass is 10.2. The number of nitrogens with two attached hydrogens (primary N) is 1. The number of hydrogen-bond donors (Lipinski definition) is 2. The van der Waals surface area contributed by atoms with Crippen molar-refractivity contribution in [1.82, 2.24) is 4.98 Å². The Kier molecular flexibility index (Phi) is 3.84. The number of nitrogens with zero attached hydrogens (tertiary/aromatic N) is 1. The summed E-state index contributed by atoms with van der Waals surface area (Å²) in [6.45, 7) is 4.57. The fraction of sp³-hybridized carbons (Fsp3) is 0.667. The zero-order valence-electron chi connectivity index (χ0n) is 8.08. The number of hydrogen-bond acceptors (Lipinski definition) is 4. The summed E-state index contributed by atoms with van der Waals surface area (Å²) in [5.74, 6) is 0. The summed E-state index contributed by atoms with van der Waals surface area (Å²) in [5.41, 5.74) is 6.41. The van der Waals surface area contributed by atoms with Crippen LogP contribution in [-0.4, -0.2) is 22.7 Å². The van der Waals surface area contributed by atoms with E-state index in [2.05, 4.69) is 4.98 Å². The van der Waals surface area contributed by atoms with Crippen LogP contribution < -0.4 is 5.73 Å². The number of aryl methyl sites for hydroxylation is 2. The molecule has 0 fully saturated rings. The minimum atomic E-state index is -0.338. The quantitative estimate of drug-likeness (QED) is 0.762. The molecule has 0 aliphatic carbocycles. The Morgan fingerprint density at radius 2 is 2.23 bits per heavy atom. The summed E-state index contributed by atoms with van der Waals surface area (Å²) in [6.07, 6.45) is 0.948. The van der Waals surface area contributed by atoms with E-state index in [0.717, 1.165) is 10.7 Å². The average molecular weight is 200 g/mol. The van der Waals surface area contributed by atoms with Gasteiger partial charge in [-0.05, 0) is 26.8 Å². The molecule has 0 amide bonds. The molecule has 0 aliphatic heterocycles. The molecule has 0 saturated carbocycles. The Morgan fingerprint density at radius 3 is 2.69 bits per heavy atom. The molecule has 74 valence electrons. The van der Waals surface area contributed by atoms with E-state index in [4.69, 9.17) is 5.73 Å². The van der Waals surface area contributed by atoms with E-state index < -0.39 is 0 Å². The molecule has 0 radical (unpaired) electrons. The zero-order chi connectivity index (χ0) is 9.84. The second kappa shape index (κ2) is 4.69. The van der Waals surface area contributed by atoms with Crippen LogP contribution in [0.5, 0.6) is 0 Å². The summed E-state index contributed by atoms with van der Waals surface area (Å²) in [6, 6.07) is 0. The van der Waals surface area contributed by atoms with Gasteiger partial charge in [0.05, 0.1) is 16.8 Å². The van der Waals surface area contributed by atoms with Gasteiger partial charge in [-0.1, -0.05) is 0 Å². The smallest absolute Gasteiger partial charge is 0.0956 e. The monoisotopic (exact) mass is 200 g/mol. The molecule has 3 N–H and O–H groups in total. The number of aliphatic hydroxyl groups is 1. The van der Waals surface area contributed by atoms with E-state index in [9.17, 15) is 5.11 Å². The Labute approximate surface area is 82.6 Å². The largest absolute Gasteiger partial charge is 0.393 e. The summed E-state index contributed by atoms with van der Waals surface area (Å²) in [5, 5.41) is 10.5.